The van der Waals surface area contributed by atoms with Gasteiger partial charge in [-0.2, -0.15) is 0 Å². The first kappa shape index (κ1) is 26.2. The van der Waals surface area contributed by atoms with Gasteiger partial charge < -0.3 is 10.2 Å². The maximum atomic E-state index is 14.8. The van der Waals surface area contributed by atoms with E-state index in [0.717, 1.165) is 28.7 Å². The second-order valence-corrected chi connectivity index (χ2v) is 12.9. The van der Waals surface area contributed by atoms with Crippen LogP contribution in [0, 0.1) is 17.3 Å². The Bertz CT molecular complexity index is 1550. The van der Waals surface area contributed by atoms with Gasteiger partial charge in [0.2, 0.25) is 5.91 Å². The molecule has 3 aliphatic rings. The fraction of sp³-hybridized carbons (Fsp3) is 0.343. The average Bonchev–Trinajstić information content (AvgIpc) is 3.40. The molecule has 6 rings (SSSR count). The summed E-state index contributed by atoms with van der Waals surface area (Å²) in [6.45, 7) is 10.0. The number of carbonyl (C=O) groups excluding carboxylic acids is 3. The number of fused-ring (bicyclic) bond motifs is 6. The predicted octanol–water partition coefficient (Wildman–Crippen LogP) is 6.60. The smallest absolute Gasteiger partial charge is 0.238 e. The van der Waals surface area contributed by atoms with E-state index < -0.39 is 28.8 Å². The number of anilines is 1. The number of nitrogens with zero attached hydrogens (tertiary/aromatic N) is 1. The highest BCUT2D eigenvalue weighted by Crippen LogP contribution is 2.62. The Morgan fingerprint density at radius 2 is 1.62 bits per heavy atom. The first-order valence-corrected chi connectivity index (χ1v) is 14.2. The van der Waals surface area contributed by atoms with Gasteiger partial charge in [0, 0.05) is 22.9 Å². The largest absolute Gasteiger partial charge is 0.358 e. The molecular formula is C35H36N2O3. The van der Waals surface area contributed by atoms with E-state index in [2.05, 4.69) is 19.2 Å². The van der Waals surface area contributed by atoms with Gasteiger partial charge in [0.1, 0.15) is 5.41 Å². The molecule has 0 unspecified atom stereocenters. The minimum absolute atomic E-state index is 0.0506. The predicted molar refractivity (Wildman–Crippen MR) is 158 cm³/mol. The summed E-state index contributed by atoms with van der Waals surface area (Å²) >= 11 is 0. The number of rotatable bonds is 5. The van der Waals surface area contributed by atoms with Crippen LogP contribution in [0.15, 0.2) is 79.0 Å². The Labute approximate surface area is 236 Å². The van der Waals surface area contributed by atoms with E-state index in [9.17, 15) is 14.4 Å². The molecular weight excluding hydrogens is 496 g/mol. The van der Waals surface area contributed by atoms with E-state index in [0.29, 0.717) is 17.2 Å². The zero-order valence-electron chi connectivity index (χ0n) is 23.8. The molecule has 1 saturated heterocycles. The van der Waals surface area contributed by atoms with Crippen LogP contribution in [0.1, 0.15) is 73.3 Å². The lowest BCUT2D eigenvalue weighted by Gasteiger charge is -2.38. The zero-order valence-corrected chi connectivity index (χ0v) is 23.8. The highest BCUT2D eigenvalue weighted by molar-refractivity contribution is 6.15. The molecule has 0 bridgehead atoms. The number of carbonyl (C=O) groups is 3. The van der Waals surface area contributed by atoms with Gasteiger partial charge in [-0.3, -0.25) is 14.4 Å². The van der Waals surface area contributed by atoms with Gasteiger partial charge in [-0.1, -0.05) is 101 Å². The van der Waals surface area contributed by atoms with Crippen molar-refractivity contribution in [2.45, 2.75) is 58.5 Å². The maximum Gasteiger partial charge on any atom is 0.238 e. The summed E-state index contributed by atoms with van der Waals surface area (Å²) in [7, 11) is 0. The average molecular weight is 533 g/mol. The van der Waals surface area contributed by atoms with Crippen molar-refractivity contribution in [2.24, 2.45) is 17.3 Å². The van der Waals surface area contributed by atoms with Gasteiger partial charge >= 0.3 is 0 Å². The molecule has 0 radical (unpaired) electrons. The minimum atomic E-state index is -1.28. The van der Waals surface area contributed by atoms with Crippen LogP contribution in [0.3, 0.4) is 0 Å². The third-order valence-corrected chi connectivity index (χ3v) is 8.74. The lowest BCUT2D eigenvalue weighted by molar-refractivity contribution is -0.131. The quantitative estimate of drug-likeness (QED) is 0.376. The molecule has 0 saturated carbocycles. The van der Waals surface area contributed by atoms with E-state index in [1.165, 1.54) is 0 Å². The molecule has 1 amide bonds. The first-order chi connectivity index (χ1) is 19.0. The highest BCUT2D eigenvalue weighted by Gasteiger charge is 2.71. The number of ketones is 2. The number of benzene rings is 3. The van der Waals surface area contributed by atoms with Crippen molar-refractivity contribution >= 4 is 29.2 Å². The molecule has 3 aromatic rings. The summed E-state index contributed by atoms with van der Waals surface area (Å²) in [5.74, 6) is -0.876. The summed E-state index contributed by atoms with van der Waals surface area (Å²) in [5.41, 5.74) is 3.11. The van der Waals surface area contributed by atoms with Crippen LogP contribution < -0.4 is 5.32 Å². The van der Waals surface area contributed by atoms with Crippen molar-refractivity contribution in [3.05, 3.63) is 107 Å². The number of hydrogen-bond donors (Lipinski definition) is 1. The SMILES string of the molecule is CC(C)Cc1ccc(C(=O)[C@H]2[C@@H](C(=O)C(C)(C)C)N3C=Cc4ccccc4[C@@H]3[C@]23C(=O)Nc2ccccc23)cc1. The molecule has 3 aliphatic heterocycles. The normalized spacial score (nSPS) is 24.6. The second kappa shape index (κ2) is 9.29. The number of Topliss-reactive ketones (excluding diaryl/α,β-unsaturated/α-hetero) is 2. The highest BCUT2D eigenvalue weighted by atomic mass is 16.2. The maximum absolute atomic E-state index is 14.8. The number of amides is 1. The van der Waals surface area contributed by atoms with Crippen molar-refractivity contribution in [3.8, 4) is 0 Å². The van der Waals surface area contributed by atoms with Crippen LogP contribution in [-0.2, 0) is 21.4 Å². The Morgan fingerprint density at radius 1 is 0.950 bits per heavy atom. The first-order valence-electron chi connectivity index (χ1n) is 14.2. The molecule has 1 N–H and O–H groups in total. The third-order valence-electron chi connectivity index (χ3n) is 8.74. The summed E-state index contributed by atoms with van der Waals surface area (Å²) in [6, 6.07) is 22.0. The minimum Gasteiger partial charge on any atom is -0.358 e. The van der Waals surface area contributed by atoms with Gasteiger partial charge in [-0.15, -0.1) is 0 Å². The van der Waals surface area contributed by atoms with E-state index in [1.54, 1.807) is 0 Å². The molecule has 5 heteroatoms. The fourth-order valence-electron chi connectivity index (χ4n) is 7.07. The summed E-state index contributed by atoms with van der Waals surface area (Å²) in [4.78, 5) is 45.6. The molecule has 204 valence electrons. The summed E-state index contributed by atoms with van der Waals surface area (Å²) in [6.07, 6.45) is 4.84. The van der Waals surface area contributed by atoms with E-state index >= 15 is 0 Å². The van der Waals surface area contributed by atoms with Crippen LogP contribution in [0.2, 0.25) is 0 Å². The Balaban J connectivity index is 1.62. The molecule has 5 nitrogen and oxygen atoms in total. The monoisotopic (exact) mass is 532 g/mol. The standard InChI is InChI=1S/C35H36N2O3/c1-21(2)20-22-14-16-24(17-15-22)30(38)28-29(32(39)34(3,4)5)37-19-18-23-10-6-7-11-25(23)31(37)35(28)26-12-8-9-13-27(26)36-33(35)40/h6-19,21,28-29,31H,20H2,1-5H3,(H,36,40)/t28-,29+,31-,35-/m1/s1. The van der Waals surface area contributed by atoms with Gasteiger partial charge in [0.05, 0.1) is 18.0 Å². The van der Waals surface area contributed by atoms with Crippen molar-refractivity contribution in [1.29, 1.82) is 0 Å². The molecule has 40 heavy (non-hydrogen) atoms. The Morgan fingerprint density at radius 3 is 2.33 bits per heavy atom. The van der Waals surface area contributed by atoms with Crippen LogP contribution in [0.4, 0.5) is 5.69 Å². The van der Waals surface area contributed by atoms with Crippen LogP contribution >= 0.6 is 0 Å². The molecule has 0 aliphatic carbocycles. The van der Waals surface area contributed by atoms with Gasteiger partial charge in [-0.25, -0.2) is 0 Å². The third kappa shape index (κ3) is 3.78. The van der Waals surface area contributed by atoms with Gasteiger partial charge in [-0.05, 0) is 46.7 Å². The fourth-order valence-corrected chi connectivity index (χ4v) is 7.07. The van der Waals surface area contributed by atoms with E-state index in [4.69, 9.17) is 0 Å². The van der Waals surface area contributed by atoms with E-state index in [1.807, 2.05) is 111 Å². The Hall–Kier alpha value is -3.99. The van der Waals surface area contributed by atoms with Gasteiger partial charge in [0.15, 0.2) is 11.6 Å². The van der Waals surface area contributed by atoms with Crippen molar-refractivity contribution in [1.82, 2.24) is 4.90 Å². The summed E-state index contributed by atoms with van der Waals surface area (Å²) in [5, 5.41) is 3.11. The van der Waals surface area contributed by atoms with Crippen molar-refractivity contribution < 1.29 is 14.4 Å². The number of nitrogens with one attached hydrogen (secondary N) is 1. The molecule has 3 aromatic carbocycles. The summed E-state index contributed by atoms with van der Waals surface area (Å²) < 4.78 is 0. The molecule has 1 fully saturated rings. The molecule has 4 atom stereocenters. The molecule has 3 heterocycles. The number of hydrogen-bond acceptors (Lipinski definition) is 4. The second-order valence-electron chi connectivity index (χ2n) is 12.9. The molecule has 1 spiro atoms. The van der Waals surface area contributed by atoms with E-state index in [-0.39, 0.29) is 17.5 Å². The van der Waals surface area contributed by atoms with Crippen LogP contribution in [0.5, 0.6) is 0 Å². The van der Waals surface area contributed by atoms with Gasteiger partial charge in [0.25, 0.3) is 0 Å². The molecule has 0 aromatic heterocycles. The number of para-hydroxylation sites is 1. The topological polar surface area (TPSA) is 66.5 Å². The van der Waals surface area contributed by atoms with Crippen LogP contribution in [-0.4, -0.2) is 28.4 Å². The Kier molecular flexibility index (Phi) is 6.10. The van der Waals surface area contributed by atoms with Crippen molar-refractivity contribution in [3.63, 3.8) is 0 Å². The lowest BCUT2D eigenvalue weighted by Crippen LogP contribution is -2.50. The van der Waals surface area contributed by atoms with Crippen LogP contribution in [0.25, 0.3) is 6.08 Å². The van der Waals surface area contributed by atoms with Crippen molar-refractivity contribution in [2.75, 3.05) is 5.32 Å². The lowest BCUT2D eigenvalue weighted by atomic mass is 9.62. The zero-order chi connectivity index (χ0) is 28.4.